The smallest absolute Gasteiger partial charge is 0.192 e. The zero-order valence-electron chi connectivity index (χ0n) is 10.9. The van der Waals surface area contributed by atoms with Crippen LogP contribution in [0.15, 0.2) is 58.6 Å². The average molecular weight is 274 g/mol. The Kier molecular flexibility index (Phi) is 4.27. The summed E-state index contributed by atoms with van der Waals surface area (Å²) in [7, 11) is -1.75. The van der Waals surface area contributed by atoms with Crippen molar-refractivity contribution in [1.82, 2.24) is 0 Å². The molecule has 0 fully saturated rings. The minimum absolute atomic E-state index is 0.480. The predicted molar refractivity (Wildman–Crippen MR) is 77.9 cm³/mol. The predicted octanol–water partition coefficient (Wildman–Crippen LogP) is 4.38. The summed E-state index contributed by atoms with van der Waals surface area (Å²) in [6.07, 6.45) is 1.34. The van der Waals surface area contributed by atoms with Crippen molar-refractivity contribution in [3.63, 3.8) is 0 Å². The van der Waals surface area contributed by atoms with Gasteiger partial charge in [0.05, 0.1) is 0 Å². The molecule has 0 N–H and O–H groups in total. The molecule has 0 saturated carbocycles. The third-order valence-corrected chi connectivity index (χ3v) is 4.04. The highest BCUT2D eigenvalue weighted by atomic mass is 32.2. The first-order chi connectivity index (χ1) is 9.08. The van der Waals surface area contributed by atoms with E-state index in [2.05, 4.69) is 0 Å². The van der Waals surface area contributed by atoms with Crippen molar-refractivity contribution in [3.8, 4) is 0 Å². The summed E-state index contributed by atoms with van der Waals surface area (Å²) in [5.74, 6) is 0. The average Bonchev–Trinajstić information content (AvgIpc) is 2.41. The molecule has 19 heavy (non-hydrogen) atoms. The topological polar surface area (TPSA) is 17.1 Å². The van der Waals surface area contributed by atoms with E-state index in [1.54, 1.807) is 18.2 Å². The molecule has 0 radical (unpaired) electrons. The molecule has 1 nitrogen and oxygen atoms in total. The fourth-order valence-electron chi connectivity index (χ4n) is 1.70. The van der Waals surface area contributed by atoms with Crippen LogP contribution in [0.2, 0.25) is 0 Å². The highest BCUT2D eigenvalue weighted by Crippen LogP contribution is 2.20. The minimum atomic E-state index is -1.75. The van der Waals surface area contributed by atoms with Crippen LogP contribution in [0.1, 0.15) is 16.7 Å². The fraction of sp³-hybridized carbons (Fsp3) is 0.125. The molecule has 0 aliphatic rings. The molecule has 2 aromatic rings. The van der Waals surface area contributed by atoms with Crippen LogP contribution in [0.25, 0.3) is 6.08 Å². The quantitative estimate of drug-likeness (QED) is 0.811. The maximum Gasteiger partial charge on any atom is 0.192 e. The molecule has 0 heterocycles. The molecule has 1 unspecified atom stereocenters. The van der Waals surface area contributed by atoms with Gasteiger partial charge in [-0.15, -0.1) is 0 Å². The SMILES string of the molecule is Cc1ccc(S(=O)/C(F)=C/c2ccccc2C)cc1. The molecule has 0 saturated heterocycles. The lowest BCUT2D eigenvalue weighted by atomic mass is 10.1. The summed E-state index contributed by atoms with van der Waals surface area (Å²) in [6, 6.07) is 14.5. The van der Waals surface area contributed by atoms with Gasteiger partial charge in [0, 0.05) is 4.90 Å². The Balaban J connectivity index is 2.29. The van der Waals surface area contributed by atoms with Crippen LogP contribution in [-0.4, -0.2) is 4.21 Å². The van der Waals surface area contributed by atoms with Gasteiger partial charge in [0.1, 0.15) is 10.8 Å². The second-order valence-electron chi connectivity index (χ2n) is 4.39. The highest BCUT2D eigenvalue weighted by molar-refractivity contribution is 7.89. The van der Waals surface area contributed by atoms with Crippen LogP contribution >= 0.6 is 0 Å². The Morgan fingerprint density at radius 2 is 1.68 bits per heavy atom. The largest absolute Gasteiger partial charge is 0.247 e. The van der Waals surface area contributed by atoms with Gasteiger partial charge in [-0.05, 0) is 43.2 Å². The minimum Gasteiger partial charge on any atom is -0.247 e. The van der Waals surface area contributed by atoms with Crippen LogP contribution in [0.4, 0.5) is 4.39 Å². The molecular formula is C16H15FOS. The van der Waals surface area contributed by atoms with Crippen LogP contribution in [-0.2, 0) is 10.8 Å². The van der Waals surface area contributed by atoms with Crippen molar-refractivity contribution < 1.29 is 8.60 Å². The van der Waals surface area contributed by atoms with E-state index in [0.29, 0.717) is 4.90 Å². The van der Waals surface area contributed by atoms with E-state index < -0.39 is 16.0 Å². The number of benzene rings is 2. The normalized spacial score (nSPS) is 13.3. The van der Waals surface area contributed by atoms with Crippen LogP contribution in [0.3, 0.4) is 0 Å². The van der Waals surface area contributed by atoms with Gasteiger partial charge in [-0.2, -0.15) is 4.39 Å². The molecule has 2 aromatic carbocycles. The maximum absolute atomic E-state index is 14.0. The van der Waals surface area contributed by atoms with E-state index in [1.807, 2.05) is 44.2 Å². The van der Waals surface area contributed by atoms with Gasteiger partial charge in [-0.3, -0.25) is 0 Å². The molecule has 0 bridgehead atoms. The molecular weight excluding hydrogens is 259 g/mol. The van der Waals surface area contributed by atoms with Gasteiger partial charge in [-0.25, -0.2) is 4.21 Å². The zero-order valence-corrected chi connectivity index (χ0v) is 11.7. The Hall–Kier alpha value is -1.74. The third kappa shape index (κ3) is 3.38. The molecule has 0 aromatic heterocycles. The van der Waals surface area contributed by atoms with E-state index in [4.69, 9.17) is 0 Å². The molecule has 2 rings (SSSR count). The van der Waals surface area contributed by atoms with E-state index in [9.17, 15) is 8.60 Å². The summed E-state index contributed by atoms with van der Waals surface area (Å²) in [5, 5.41) is -0.627. The molecule has 1 atom stereocenters. The summed E-state index contributed by atoms with van der Waals surface area (Å²) < 4.78 is 26.0. The fourth-order valence-corrected chi connectivity index (χ4v) is 2.54. The van der Waals surface area contributed by atoms with Crippen LogP contribution in [0, 0.1) is 13.8 Å². The van der Waals surface area contributed by atoms with Crippen molar-refractivity contribution in [1.29, 1.82) is 0 Å². The monoisotopic (exact) mass is 274 g/mol. The van der Waals surface area contributed by atoms with Crippen LogP contribution in [0.5, 0.6) is 0 Å². The van der Waals surface area contributed by atoms with Gasteiger partial charge in [0.2, 0.25) is 0 Å². The number of hydrogen-bond acceptors (Lipinski definition) is 1. The molecule has 0 amide bonds. The van der Waals surface area contributed by atoms with Gasteiger partial charge in [0.25, 0.3) is 0 Å². The molecule has 0 aliphatic carbocycles. The van der Waals surface area contributed by atoms with E-state index >= 15 is 0 Å². The second-order valence-corrected chi connectivity index (χ2v) is 5.79. The first-order valence-electron chi connectivity index (χ1n) is 5.99. The summed E-state index contributed by atoms with van der Waals surface area (Å²) in [6.45, 7) is 3.83. The number of hydrogen-bond donors (Lipinski definition) is 0. The number of halogens is 1. The van der Waals surface area contributed by atoms with E-state index in [1.165, 1.54) is 6.08 Å². The summed E-state index contributed by atoms with van der Waals surface area (Å²) in [4.78, 5) is 0.480. The Morgan fingerprint density at radius 1 is 1.05 bits per heavy atom. The van der Waals surface area contributed by atoms with Gasteiger partial charge in [0.15, 0.2) is 5.16 Å². The van der Waals surface area contributed by atoms with Crippen molar-refractivity contribution in [2.24, 2.45) is 0 Å². The zero-order chi connectivity index (χ0) is 13.8. The van der Waals surface area contributed by atoms with Crippen molar-refractivity contribution in [2.75, 3.05) is 0 Å². The number of rotatable bonds is 3. The molecule has 0 spiro atoms. The standard InChI is InChI=1S/C16H15FOS/c1-12-7-9-15(10-8-12)19(18)16(17)11-14-6-4-3-5-13(14)2/h3-11H,1-2H3/b16-11+. The van der Waals surface area contributed by atoms with Gasteiger partial charge in [-0.1, -0.05) is 42.0 Å². The lowest BCUT2D eigenvalue weighted by molar-refractivity contribution is 0.653. The Bertz CT molecular complexity index is 629. The van der Waals surface area contributed by atoms with Crippen molar-refractivity contribution in [3.05, 3.63) is 70.4 Å². The lowest BCUT2D eigenvalue weighted by Crippen LogP contribution is -1.92. The van der Waals surface area contributed by atoms with E-state index in [-0.39, 0.29) is 0 Å². The summed E-state index contributed by atoms with van der Waals surface area (Å²) >= 11 is 0. The van der Waals surface area contributed by atoms with Crippen molar-refractivity contribution >= 4 is 16.9 Å². The molecule has 3 heteroatoms. The first kappa shape index (κ1) is 13.7. The van der Waals surface area contributed by atoms with Gasteiger partial charge >= 0.3 is 0 Å². The highest BCUT2D eigenvalue weighted by Gasteiger charge is 2.10. The number of aryl methyl sites for hydroxylation is 2. The van der Waals surface area contributed by atoms with Crippen LogP contribution < -0.4 is 0 Å². The second kappa shape index (κ2) is 5.93. The van der Waals surface area contributed by atoms with Gasteiger partial charge < -0.3 is 0 Å². The molecule has 98 valence electrons. The van der Waals surface area contributed by atoms with E-state index in [0.717, 1.165) is 16.7 Å². The lowest BCUT2D eigenvalue weighted by Gasteiger charge is -2.02. The third-order valence-electron chi connectivity index (χ3n) is 2.87. The first-order valence-corrected chi connectivity index (χ1v) is 7.14. The van der Waals surface area contributed by atoms with Crippen molar-refractivity contribution in [2.45, 2.75) is 18.7 Å². The Labute approximate surface area is 115 Å². The molecule has 0 aliphatic heterocycles. The Morgan fingerprint density at radius 3 is 2.32 bits per heavy atom. The maximum atomic E-state index is 14.0. The summed E-state index contributed by atoms with van der Waals surface area (Å²) in [5.41, 5.74) is 2.77.